The molecule has 2 nitrogen and oxygen atoms in total. The van der Waals surface area contributed by atoms with Crippen molar-refractivity contribution in [1.82, 2.24) is 0 Å². The van der Waals surface area contributed by atoms with Crippen molar-refractivity contribution in [2.45, 2.75) is 52.3 Å². The number of hydrogen-bond donors (Lipinski definition) is 1. The number of allylic oxidation sites excluding steroid dienone is 2. The second kappa shape index (κ2) is 6.11. The van der Waals surface area contributed by atoms with Gasteiger partial charge >= 0.3 is 0 Å². The number of rotatable bonds is 6. The van der Waals surface area contributed by atoms with Crippen molar-refractivity contribution >= 4 is 19.4 Å². The van der Waals surface area contributed by atoms with Crippen LogP contribution in [0, 0.1) is 13.8 Å². The van der Waals surface area contributed by atoms with E-state index in [9.17, 15) is 0 Å². The molecule has 0 bridgehead atoms. The van der Waals surface area contributed by atoms with E-state index in [0.29, 0.717) is 0 Å². The molecule has 1 aromatic heterocycles. The number of aryl methyl sites for hydroxylation is 1. The van der Waals surface area contributed by atoms with Gasteiger partial charge < -0.3 is 10.2 Å². The predicted molar refractivity (Wildman–Crippen MR) is 94.5 cm³/mol. The van der Waals surface area contributed by atoms with Gasteiger partial charge in [-0.2, -0.15) is 0 Å². The molecule has 2 N–H and O–H groups in total. The SMILES string of the molecule is C=C/C(=C\c1oc(C)c(C=C)c1C)C(C)(C)[B]C(C)(C)N. The molecule has 0 aliphatic rings. The van der Waals surface area contributed by atoms with Crippen molar-refractivity contribution in [3.8, 4) is 0 Å². The van der Waals surface area contributed by atoms with Crippen LogP contribution in [-0.2, 0) is 0 Å². The maximum absolute atomic E-state index is 6.13. The van der Waals surface area contributed by atoms with Gasteiger partial charge in [0.05, 0.1) is 0 Å². The Bertz CT molecular complexity index is 571. The van der Waals surface area contributed by atoms with Crippen molar-refractivity contribution in [3.63, 3.8) is 0 Å². The molecule has 0 amide bonds. The van der Waals surface area contributed by atoms with E-state index in [1.165, 1.54) is 0 Å². The fourth-order valence-electron chi connectivity index (χ4n) is 2.79. The van der Waals surface area contributed by atoms with E-state index in [1.807, 2.05) is 45.9 Å². The van der Waals surface area contributed by atoms with E-state index in [-0.39, 0.29) is 10.8 Å². The maximum Gasteiger partial charge on any atom is 0.149 e. The minimum atomic E-state index is -0.355. The lowest BCUT2D eigenvalue weighted by atomic mass is 9.42. The van der Waals surface area contributed by atoms with Gasteiger partial charge in [-0.25, -0.2) is 0 Å². The third kappa shape index (κ3) is 4.24. The lowest BCUT2D eigenvalue weighted by molar-refractivity contribution is 0.522. The highest BCUT2D eigenvalue weighted by Gasteiger charge is 2.30. The van der Waals surface area contributed by atoms with Gasteiger partial charge in [-0.1, -0.05) is 53.0 Å². The molecule has 0 saturated heterocycles. The van der Waals surface area contributed by atoms with Crippen molar-refractivity contribution < 1.29 is 4.42 Å². The second-order valence-electron chi connectivity index (χ2n) is 6.76. The van der Waals surface area contributed by atoms with E-state index < -0.39 is 0 Å². The molecule has 113 valence electrons. The summed E-state index contributed by atoms with van der Waals surface area (Å²) in [7, 11) is 2.13. The molecule has 0 saturated carbocycles. The van der Waals surface area contributed by atoms with Gasteiger partial charge in [-0.3, -0.25) is 0 Å². The van der Waals surface area contributed by atoms with Crippen LogP contribution in [0.2, 0.25) is 5.31 Å². The molecule has 0 aliphatic heterocycles. The normalized spacial score (nSPS) is 13.2. The monoisotopic (exact) mass is 284 g/mol. The highest BCUT2D eigenvalue weighted by Crippen LogP contribution is 2.38. The Labute approximate surface area is 130 Å². The summed E-state index contributed by atoms with van der Waals surface area (Å²) >= 11 is 0. The van der Waals surface area contributed by atoms with Crippen LogP contribution in [0.5, 0.6) is 0 Å². The maximum atomic E-state index is 6.13. The Morgan fingerprint density at radius 3 is 2.14 bits per heavy atom. The van der Waals surface area contributed by atoms with Gasteiger partial charge in [-0.05, 0) is 36.2 Å². The van der Waals surface area contributed by atoms with Crippen LogP contribution in [0.15, 0.2) is 29.2 Å². The lowest BCUT2D eigenvalue weighted by Crippen LogP contribution is -2.44. The first-order chi connectivity index (χ1) is 9.51. The molecule has 0 fully saturated rings. The Balaban J connectivity index is 3.27. The van der Waals surface area contributed by atoms with Gasteiger partial charge in [0.2, 0.25) is 0 Å². The molecule has 3 heteroatoms. The summed E-state index contributed by atoms with van der Waals surface area (Å²) in [6.07, 6.45) is 5.75. The molecule has 0 aromatic carbocycles. The Morgan fingerprint density at radius 2 is 1.76 bits per heavy atom. The van der Waals surface area contributed by atoms with Crippen LogP contribution in [0.3, 0.4) is 0 Å². The third-order valence-electron chi connectivity index (χ3n) is 3.60. The van der Waals surface area contributed by atoms with Crippen LogP contribution in [0.1, 0.15) is 50.3 Å². The number of nitrogens with two attached hydrogens (primary N) is 1. The van der Waals surface area contributed by atoms with E-state index in [4.69, 9.17) is 10.2 Å². The standard InChI is InChI=1S/C18H27BNO/c1-9-14(17(5,6)19-18(7,8)20)11-16-12(3)15(10-2)13(4)21-16/h9-11H,1-2,20H2,3-8H3/b14-11+. The topological polar surface area (TPSA) is 39.2 Å². The predicted octanol–water partition coefficient (Wildman–Crippen LogP) is 4.71. The minimum absolute atomic E-state index is 0.193. The van der Waals surface area contributed by atoms with Crippen molar-refractivity contribution in [3.05, 3.63) is 47.5 Å². The van der Waals surface area contributed by atoms with E-state index in [2.05, 4.69) is 34.3 Å². The number of hydrogen-bond acceptors (Lipinski definition) is 2. The van der Waals surface area contributed by atoms with Gasteiger partial charge in [0.15, 0.2) is 0 Å². The Morgan fingerprint density at radius 1 is 1.19 bits per heavy atom. The summed E-state index contributed by atoms with van der Waals surface area (Å²) in [5.74, 6) is 1.74. The molecule has 0 spiro atoms. The van der Waals surface area contributed by atoms with Crippen LogP contribution in [0.4, 0.5) is 0 Å². The summed E-state index contributed by atoms with van der Waals surface area (Å²) in [6.45, 7) is 20.0. The molecule has 0 aliphatic carbocycles. The molecule has 21 heavy (non-hydrogen) atoms. The average Bonchev–Trinajstić information content (AvgIpc) is 2.57. The Kier molecular flexibility index (Phi) is 5.11. The zero-order chi connectivity index (χ0) is 16.4. The highest BCUT2D eigenvalue weighted by molar-refractivity contribution is 6.45. The fourth-order valence-corrected chi connectivity index (χ4v) is 2.79. The van der Waals surface area contributed by atoms with Crippen LogP contribution < -0.4 is 5.73 Å². The van der Waals surface area contributed by atoms with Gasteiger partial charge in [-0.15, -0.1) is 0 Å². The molecule has 0 unspecified atom stereocenters. The minimum Gasteiger partial charge on any atom is -0.461 e. The summed E-state index contributed by atoms with van der Waals surface area (Å²) in [5.41, 5.74) is 9.02. The molecular weight excluding hydrogens is 257 g/mol. The van der Waals surface area contributed by atoms with Gasteiger partial charge in [0.1, 0.15) is 18.8 Å². The first-order valence-electron chi connectivity index (χ1n) is 7.25. The van der Waals surface area contributed by atoms with Crippen LogP contribution >= 0.6 is 0 Å². The second-order valence-corrected chi connectivity index (χ2v) is 6.76. The largest absolute Gasteiger partial charge is 0.461 e. The molecule has 1 rings (SSSR count). The molecule has 1 aromatic rings. The molecule has 0 atom stereocenters. The summed E-state index contributed by atoms with van der Waals surface area (Å²) in [5, 5.41) is -0.193. The zero-order valence-corrected chi connectivity index (χ0v) is 14.2. The van der Waals surface area contributed by atoms with E-state index in [0.717, 1.165) is 28.2 Å². The smallest absolute Gasteiger partial charge is 0.149 e. The van der Waals surface area contributed by atoms with Crippen molar-refractivity contribution in [2.24, 2.45) is 5.73 Å². The first kappa shape index (κ1) is 17.6. The van der Waals surface area contributed by atoms with Crippen LogP contribution in [0.25, 0.3) is 12.2 Å². The summed E-state index contributed by atoms with van der Waals surface area (Å²) in [4.78, 5) is 0. The molecule has 1 radical (unpaired) electrons. The quantitative estimate of drug-likeness (QED) is 0.607. The lowest BCUT2D eigenvalue weighted by Gasteiger charge is -2.32. The van der Waals surface area contributed by atoms with Gasteiger partial charge in [0.25, 0.3) is 0 Å². The van der Waals surface area contributed by atoms with Crippen LogP contribution in [-0.4, -0.2) is 12.7 Å². The van der Waals surface area contributed by atoms with Crippen molar-refractivity contribution in [2.75, 3.05) is 0 Å². The molecule has 1 heterocycles. The zero-order valence-electron chi connectivity index (χ0n) is 14.2. The fraction of sp³-hybridized carbons (Fsp3) is 0.444. The first-order valence-corrected chi connectivity index (χ1v) is 7.25. The van der Waals surface area contributed by atoms with Gasteiger partial charge in [0, 0.05) is 11.1 Å². The average molecular weight is 284 g/mol. The van der Waals surface area contributed by atoms with E-state index >= 15 is 0 Å². The van der Waals surface area contributed by atoms with Crippen molar-refractivity contribution in [1.29, 1.82) is 0 Å². The molecular formula is C18H27BNO. The Hall–Kier alpha value is -1.48. The number of furan rings is 1. The third-order valence-corrected chi connectivity index (χ3v) is 3.60. The summed E-state index contributed by atoms with van der Waals surface area (Å²) in [6, 6.07) is 0. The highest BCUT2D eigenvalue weighted by atomic mass is 16.3. The van der Waals surface area contributed by atoms with E-state index in [1.54, 1.807) is 0 Å². The summed E-state index contributed by atoms with van der Waals surface area (Å²) < 4.78 is 5.85.